The summed E-state index contributed by atoms with van der Waals surface area (Å²) in [6.45, 7) is 0.289. The SMILES string of the molecule is N#Cc1ccc(Oc2ncc(CN)cn2)c([N+](=O)[O-])c1. The minimum atomic E-state index is -0.634. The van der Waals surface area contributed by atoms with Crippen molar-refractivity contribution in [2.24, 2.45) is 5.73 Å². The van der Waals surface area contributed by atoms with Gasteiger partial charge in [0.25, 0.3) is 0 Å². The molecule has 0 amide bonds. The molecule has 1 heterocycles. The lowest BCUT2D eigenvalue weighted by atomic mass is 10.2. The van der Waals surface area contributed by atoms with Crippen molar-refractivity contribution in [3.63, 3.8) is 0 Å². The van der Waals surface area contributed by atoms with Crippen LogP contribution in [0.2, 0.25) is 0 Å². The van der Waals surface area contributed by atoms with Crippen LogP contribution in [0.4, 0.5) is 5.69 Å². The third kappa shape index (κ3) is 2.85. The van der Waals surface area contributed by atoms with Gasteiger partial charge in [-0.05, 0) is 12.1 Å². The molecule has 0 radical (unpaired) electrons. The van der Waals surface area contributed by atoms with E-state index < -0.39 is 4.92 Å². The van der Waals surface area contributed by atoms with Gasteiger partial charge in [-0.25, -0.2) is 9.97 Å². The van der Waals surface area contributed by atoms with Crippen molar-refractivity contribution in [3.8, 4) is 17.8 Å². The van der Waals surface area contributed by atoms with E-state index in [4.69, 9.17) is 15.7 Å². The maximum atomic E-state index is 10.9. The first kappa shape index (κ1) is 13.4. The van der Waals surface area contributed by atoms with Gasteiger partial charge in [-0.3, -0.25) is 10.1 Å². The van der Waals surface area contributed by atoms with Gasteiger partial charge < -0.3 is 10.5 Å². The molecule has 2 rings (SSSR count). The molecule has 100 valence electrons. The molecular weight excluding hydrogens is 262 g/mol. The standard InChI is InChI=1S/C12H9N5O3/c13-4-8-1-2-11(10(3-8)17(18)19)20-12-15-6-9(5-14)7-16-12/h1-3,6-7H,5,14H2. The van der Waals surface area contributed by atoms with E-state index in [0.717, 1.165) is 6.07 Å². The molecule has 0 saturated carbocycles. The normalized spacial score (nSPS) is 9.80. The molecule has 1 aromatic carbocycles. The van der Waals surface area contributed by atoms with Crippen molar-refractivity contribution < 1.29 is 9.66 Å². The third-order valence-electron chi connectivity index (χ3n) is 2.40. The molecule has 0 spiro atoms. The molecule has 0 aliphatic heterocycles. The number of benzene rings is 1. The Hall–Kier alpha value is -3.05. The van der Waals surface area contributed by atoms with Gasteiger partial charge in [0.15, 0.2) is 0 Å². The average Bonchev–Trinajstić information content (AvgIpc) is 2.48. The Morgan fingerprint density at radius 3 is 2.65 bits per heavy atom. The zero-order valence-electron chi connectivity index (χ0n) is 10.2. The highest BCUT2D eigenvalue weighted by molar-refractivity contribution is 5.52. The van der Waals surface area contributed by atoms with Crippen LogP contribution in [-0.4, -0.2) is 14.9 Å². The summed E-state index contributed by atoms with van der Waals surface area (Å²) in [6.07, 6.45) is 2.94. The average molecular weight is 271 g/mol. The molecular formula is C12H9N5O3. The zero-order valence-corrected chi connectivity index (χ0v) is 10.2. The van der Waals surface area contributed by atoms with Crippen LogP contribution in [0.3, 0.4) is 0 Å². The molecule has 8 nitrogen and oxygen atoms in total. The van der Waals surface area contributed by atoms with E-state index in [1.54, 1.807) is 0 Å². The number of ether oxygens (including phenoxy) is 1. The van der Waals surface area contributed by atoms with E-state index in [2.05, 4.69) is 9.97 Å². The van der Waals surface area contributed by atoms with Crippen LogP contribution in [0, 0.1) is 21.4 Å². The number of aromatic nitrogens is 2. The van der Waals surface area contributed by atoms with Crippen LogP contribution < -0.4 is 10.5 Å². The summed E-state index contributed by atoms with van der Waals surface area (Å²) < 4.78 is 5.26. The van der Waals surface area contributed by atoms with E-state index in [1.807, 2.05) is 6.07 Å². The molecule has 0 saturated heterocycles. The maximum absolute atomic E-state index is 10.9. The molecule has 2 aromatic rings. The van der Waals surface area contributed by atoms with Gasteiger partial charge in [0.2, 0.25) is 5.75 Å². The maximum Gasteiger partial charge on any atom is 0.322 e. The number of nitrogens with two attached hydrogens (primary N) is 1. The first-order chi connectivity index (χ1) is 9.63. The van der Waals surface area contributed by atoms with Crippen molar-refractivity contribution >= 4 is 5.69 Å². The smallest absolute Gasteiger partial charge is 0.322 e. The van der Waals surface area contributed by atoms with E-state index in [-0.39, 0.29) is 29.6 Å². The van der Waals surface area contributed by atoms with Gasteiger partial charge in [-0.1, -0.05) is 0 Å². The molecule has 0 atom stereocenters. The third-order valence-corrected chi connectivity index (χ3v) is 2.40. The van der Waals surface area contributed by atoms with Crippen LogP contribution in [0.15, 0.2) is 30.6 Å². The summed E-state index contributed by atoms with van der Waals surface area (Å²) in [4.78, 5) is 18.1. The molecule has 2 N–H and O–H groups in total. The predicted octanol–water partition coefficient (Wildman–Crippen LogP) is 1.51. The molecule has 20 heavy (non-hydrogen) atoms. The van der Waals surface area contributed by atoms with Crippen molar-refractivity contribution in [1.29, 1.82) is 5.26 Å². The first-order valence-electron chi connectivity index (χ1n) is 5.51. The van der Waals surface area contributed by atoms with E-state index in [0.29, 0.717) is 5.56 Å². The summed E-state index contributed by atoms with van der Waals surface area (Å²) in [5.41, 5.74) is 5.97. The molecule has 0 aliphatic carbocycles. The number of hydrogen-bond donors (Lipinski definition) is 1. The summed E-state index contributed by atoms with van der Waals surface area (Å²) in [5, 5.41) is 19.7. The molecule has 0 unspecified atom stereocenters. The highest BCUT2D eigenvalue weighted by Gasteiger charge is 2.17. The number of nitriles is 1. The highest BCUT2D eigenvalue weighted by atomic mass is 16.6. The summed E-state index contributed by atoms with van der Waals surface area (Å²) in [6, 6.07) is 5.66. The van der Waals surface area contributed by atoms with Gasteiger partial charge >= 0.3 is 11.7 Å². The Kier molecular flexibility index (Phi) is 3.83. The van der Waals surface area contributed by atoms with Crippen LogP contribution >= 0.6 is 0 Å². The van der Waals surface area contributed by atoms with Crippen molar-refractivity contribution in [3.05, 3.63) is 51.8 Å². The van der Waals surface area contributed by atoms with Gasteiger partial charge in [-0.15, -0.1) is 0 Å². The van der Waals surface area contributed by atoms with E-state index >= 15 is 0 Å². The van der Waals surface area contributed by atoms with Crippen LogP contribution in [0.1, 0.15) is 11.1 Å². The number of nitrogens with zero attached hydrogens (tertiary/aromatic N) is 4. The van der Waals surface area contributed by atoms with Gasteiger partial charge in [0.05, 0.1) is 16.6 Å². The quantitative estimate of drug-likeness (QED) is 0.659. The number of nitro benzene ring substituents is 1. The molecule has 0 aliphatic rings. The van der Waals surface area contributed by atoms with Gasteiger partial charge in [0, 0.05) is 30.6 Å². The zero-order chi connectivity index (χ0) is 14.5. The Labute approximate surface area is 113 Å². The second-order valence-electron chi connectivity index (χ2n) is 3.73. The number of nitro groups is 1. The van der Waals surface area contributed by atoms with E-state index in [9.17, 15) is 10.1 Å². The van der Waals surface area contributed by atoms with Gasteiger partial charge in [0.1, 0.15) is 0 Å². The fourth-order valence-electron chi connectivity index (χ4n) is 1.42. The predicted molar refractivity (Wildman–Crippen MR) is 67.8 cm³/mol. The Morgan fingerprint density at radius 2 is 2.10 bits per heavy atom. The number of hydrogen-bond acceptors (Lipinski definition) is 7. The van der Waals surface area contributed by atoms with Crippen LogP contribution in [-0.2, 0) is 6.54 Å². The number of rotatable bonds is 4. The van der Waals surface area contributed by atoms with Gasteiger partial charge in [-0.2, -0.15) is 5.26 Å². The minimum absolute atomic E-state index is 0.0324. The van der Waals surface area contributed by atoms with Crippen LogP contribution in [0.5, 0.6) is 11.8 Å². The molecule has 1 aromatic heterocycles. The Bertz CT molecular complexity index is 678. The summed E-state index contributed by atoms with van der Waals surface area (Å²) in [5.74, 6) is -0.0329. The van der Waals surface area contributed by atoms with Crippen molar-refractivity contribution in [2.45, 2.75) is 6.54 Å². The lowest BCUT2D eigenvalue weighted by Crippen LogP contribution is -2.00. The van der Waals surface area contributed by atoms with E-state index in [1.165, 1.54) is 24.5 Å². The Balaban J connectivity index is 2.32. The molecule has 0 bridgehead atoms. The Morgan fingerprint density at radius 1 is 1.40 bits per heavy atom. The van der Waals surface area contributed by atoms with Crippen LogP contribution in [0.25, 0.3) is 0 Å². The summed E-state index contributed by atoms with van der Waals surface area (Å²) >= 11 is 0. The molecule has 0 fully saturated rings. The molecule has 8 heteroatoms. The monoisotopic (exact) mass is 271 g/mol. The second-order valence-corrected chi connectivity index (χ2v) is 3.73. The largest absolute Gasteiger partial charge is 0.417 e. The topological polar surface area (TPSA) is 128 Å². The fourth-order valence-corrected chi connectivity index (χ4v) is 1.42. The lowest BCUT2D eigenvalue weighted by Gasteiger charge is -2.05. The first-order valence-corrected chi connectivity index (χ1v) is 5.51. The summed E-state index contributed by atoms with van der Waals surface area (Å²) in [7, 11) is 0. The fraction of sp³-hybridized carbons (Fsp3) is 0.0833. The minimum Gasteiger partial charge on any atom is -0.417 e. The highest BCUT2D eigenvalue weighted by Crippen LogP contribution is 2.30. The van der Waals surface area contributed by atoms with Crippen molar-refractivity contribution in [1.82, 2.24) is 9.97 Å². The lowest BCUT2D eigenvalue weighted by molar-refractivity contribution is -0.385. The van der Waals surface area contributed by atoms with Crippen molar-refractivity contribution in [2.75, 3.05) is 0 Å². The second kappa shape index (κ2) is 5.73.